The van der Waals surface area contributed by atoms with Crippen LogP contribution in [0.1, 0.15) is 36.8 Å². The number of benzene rings is 1. The Bertz CT molecular complexity index is 396. The van der Waals surface area contributed by atoms with Crippen LogP contribution in [0, 0.1) is 5.92 Å². The molecule has 0 amide bonds. The Morgan fingerprint density at radius 1 is 1.28 bits per heavy atom. The summed E-state index contributed by atoms with van der Waals surface area (Å²) in [6, 6.07) is 6.79. The van der Waals surface area contributed by atoms with Crippen LogP contribution in [-0.2, 0) is 12.8 Å². The lowest BCUT2D eigenvalue weighted by atomic mass is 9.92. The van der Waals surface area contributed by atoms with Gasteiger partial charge in [0.1, 0.15) is 5.75 Å². The van der Waals surface area contributed by atoms with Crippen LogP contribution < -0.4 is 10.1 Å². The maximum atomic E-state index is 5.66. The number of rotatable bonds is 3. The van der Waals surface area contributed by atoms with E-state index in [4.69, 9.17) is 4.74 Å². The zero-order valence-corrected chi connectivity index (χ0v) is 11.1. The Morgan fingerprint density at radius 2 is 2.28 bits per heavy atom. The fourth-order valence-corrected chi connectivity index (χ4v) is 3.11. The second-order valence-corrected chi connectivity index (χ2v) is 5.65. The van der Waals surface area contributed by atoms with E-state index in [1.165, 1.54) is 62.7 Å². The van der Waals surface area contributed by atoms with Crippen LogP contribution >= 0.6 is 0 Å². The predicted molar refractivity (Wildman–Crippen MR) is 74.2 cm³/mol. The van der Waals surface area contributed by atoms with Gasteiger partial charge < -0.3 is 10.1 Å². The van der Waals surface area contributed by atoms with E-state index in [1.54, 1.807) is 0 Å². The molecule has 1 fully saturated rings. The van der Waals surface area contributed by atoms with Gasteiger partial charge in [-0.25, -0.2) is 0 Å². The molecule has 2 heterocycles. The maximum absolute atomic E-state index is 5.66. The zero-order chi connectivity index (χ0) is 12.2. The minimum atomic E-state index is 0.881. The summed E-state index contributed by atoms with van der Waals surface area (Å²) < 4.78 is 5.66. The van der Waals surface area contributed by atoms with E-state index in [1.807, 2.05) is 0 Å². The second-order valence-electron chi connectivity index (χ2n) is 5.65. The van der Waals surface area contributed by atoms with E-state index in [2.05, 4.69) is 23.5 Å². The normalized spacial score (nSPS) is 23.2. The average Bonchev–Trinajstić information content (AvgIpc) is 2.46. The Kier molecular flexibility index (Phi) is 3.84. The van der Waals surface area contributed by atoms with E-state index < -0.39 is 0 Å². The Morgan fingerprint density at radius 3 is 3.17 bits per heavy atom. The molecule has 0 aliphatic carbocycles. The third kappa shape index (κ3) is 2.86. The van der Waals surface area contributed by atoms with Crippen molar-refractivity contribution in [3.05, 3.63) is 29.3 Å². The summed E-state index contributed by atoms with van der Waals surface area (Å²) in [6.07, 6.45) is 7.66. The first kappa shape index (κ1) is 12.0. The van der Waals surface area contributed by atoms with Gasteiger partial charge in [-0.05, 0) is 74.7 Å². The fourth-order valence-electron chi connectivity index (χ4n) is 3.11. The Labute approximate surface area is 110 Å². The van der Waals surface area contributed by atoms with Gasteiger partial charge in [-0.15, -0.1) is 0 Å². The summed E-state index contributed by atoms with van der Waals surface area (Å²) in [5.74, 6) is 2.00. The minimum Gasteiger partial charge on any atom is -0.493 e. The molecule has 1 saturated heterocycles. The number of ether oxygens (including phenoxy) is 1. The summed E-state index contributed by atoms with van der Waals surface area (Å²) in [6.45, 7) is 3.32. The molecule has 98 valence electrons. The van der Waals surface area contributed by atoms with Crippen molar-refractivity contribution in [3.8, 4) is 5.75 Å². The zero-order valence-electron chi connectivity index (χ0n) is 11.1. The molecule has 0 spiro atoms. The van der Waals surface area contributed by atoms with Crippen LogP contribution in [-0.4, -0.2) is 19.7 Å². The van der Waals surface area contributed by atoms with Crippen molar-refractivity contribution in [1.82, 2.24) is 5.32 Å². The lowest BCUT2D eigenvalue weighted by molar-refractivity contribution is 0.288. The van der Waals surface area contributed by atoms with E-state index in [0.717, 1.165) is 18.3 Å². The van der Waals surface area contributed by atoms with Gasteiger partial charge in [0.2, 0.25) is 0 Å². The van der Waals surface area contributed by atoms with E-state index in [0.29, 0.717) is 0 Å². The van der Waals surface area contributed by atoms with Gasteiger partial charge in [0.05, 0.1) is 6.61 Å². The molecule has 1 aromatic carbocycles. The molecule has 1 atom stereocenters. The second kappa shape index (κ2) is 5.75. The molecule has 2 aliphatic rings. The third-order valence-electron chi connectivity index (χ3n) is 4.21. The largest absolute Gasteiger partial charge is 0.493 e. The first-order valence-electron chi connectivity index (χ1n) is 7.37. The molecule has 1 aromatic rings. The first-order valence-corrected chi connectivity index (χ1v) is 7.37. The number of nitrogens with one attached hydrogen (secondary N) is 1. The molecular formula is C16H23NO. The maximum Gasteiger partial charge on any atom is 0.122 e. The molecule has 1 N–H and O–H groups in total. The number of aryl methyl sites for hydroxylation is 2. The van der Waals surface area contributed by atoms with Crippen LogP contribution in [0.2, 0.25) is 0 Å². The van der Waals surface area contributed by atoms with Crippen LogP contribution in [0.4, 0.5) is 0 Å². The van der Waals surface area contributed by atoms with Crippen LogP contribution in [0.3, 0.4) is 0 Å². The molecule has 2 nitrogen and oxygen atoms in total. The number of piperidine rings is 1. The smallest absolute Gasteiger partial charge is 0.122 e. The standard InChI is InChI=1S/C16H23NO/c1-3-14(12-17-9-1)6-5-13-7-8-16-15(11-13)4-2-10-18-16/h7-8,11,14,17H,1-6,9-10,12H2. The minimum absolute atomic E-state index is 0.881. The summed E-state index contributed by atoms with van der Waals surface area (Å²) in [5, 5.41) is 3.50. The van der Waals surface area contributed by atoms with Crippen molar-refractivity contribution in [2.24, 2.45) is 5.92 Å². The van der Waals surface area contributed by atoms with E-state index in [9.17, 15) is 0 Å². The van der Waals surface area contributed by atoms with Gasteiger partial charge in [0.25, 0.3) is 0 Å². The average molecular weight is 245 g/mol. The lowest BCUT2D eigenvalue weighted by Crippen LogP contribution is -2.29. The summed E-state index contributed by atoms with van der Waals surface area (Å²) >= 11 is 0. The van der Waals surface area contributed by atoms with Crippen LogP contribution in [0.5, 0.6) is 5.75 Å². The van der Waals surface area contributed by atoms with Crippen molar-refractivity contribution in [3.63, 3.8) is 0 Å². The van der Waals surface area contributed by atoms with Crippen LogP contribution in [0.15, 0.2) is 18.2 Å². The molecule has 3 rings (SSSR count). The van der Waals surface area contributed by atoms with Gasteiger partial charge in [-0.3, -0.25) is 0 Å². The molecule has 1 unspecified atom stereocenters. The monoisotopic (exact) mass is 245 g/mol. The highest BCUT2D eigenvalue weighted by Crippen LogP contribution is 2.26. The Balaban J connectivity index is 1.58. The van der Waals surface area contributed by atoms with E-state index in [-0.39, 0.29) is 0 Å². The van der Waals surface area contributed by atoms with Gasteiger partial charge in [0, 0.05) is 0 Å². The van der Waals surface area contributed by atoms with Gasteiger partial charge in [-0.2, -0.15) is 0 Å². The highest BCUT2D eigenvalue weighted by molar-refractivity contribution is 5.38. The van der Waals surface area contributed by atoms with Gasteiger partial charge >= 0.3 is 0 Å². The quantitative estimate of drug-likeness (QED) is 0.884. The lowest BCUT2D eigenvalue weighted by Gasteiger charge is -2.23. The molecule has 18 heavy (non-hydrogen) atoms. The van der Waals surface area contributed by atoms with Crippen molar-refractivity contribution in [2.75, 3.05) is 19.7 Å². The third-order valence-corrected chi connectivity index (χ3v) is 4.21. The van der Waals surface area contributed by atoms with Crippen molar-refractivity contribution in [2.45, 2.75) is 38.5 Å². The topological polar surface area (TPSA) is 21.3 Å². The van der Waals surface area contributed by atoms with Crippen molar-refractivity contribution in [1.29, 1.82) is 0 Å². The summed E-state index contributed by atoms with van der Waals surface area (Å²) in [4.78, 5) is 0. The van der Waals surface area contributed by atoms with Crippen molar-refractivity contribution < 1.29 is 4.74 Å². The summed E-state index contributed by atoms with van der Waals surface area (Å²) in [7, 11) is 0. The molecule has 2 aliphatic heterocycles. The highest BCUT2D eigenvalue weighted by Gasteiger charge is 2.14. The summed E-state index contributed by atoms with van der Waals surface area (Å²) in [5.41, 5.74) is 2.91. The molecule has 0 radical (unpaired) electrons. The fraction of sp³-hybridized carbons (Fsp3) is 0.625. The van der Waals surface area contributed by atoms with Crippen LogP contribution in [0.25, 0.3) is 0 Å². The molecule has 0 aromatic heterocycles. The molecule has 2 heteroatoms. The number of fused-ring (bicyclic) bond motifs is 1. The SMILES string of the molecule is c1cc2c(cc1CCC1CCCNC1)CCCO2. The molecule has 0 bridgehead atoms. The Hall–Kier alpha value is -1.02. The number of hydrogen-bond donors (Lipinski definition) is 1. The van der Waals surface area contributed by atoms with Gasteiger partial charge in [0.15, 0.2) is 0 Å². The number of hydrogen-bond acceptors (Lipinski definition) is 2. The highest BCUT2D eigenvalue weighted by atomic mass is 16.5. The predicted octanol–water partition coefficient (Wildman–Crippen LogP) is 2.94. The van der Waals surface area contributed by atoms with Crippen molar-refractivity contribution >= 4 is 0 Å². The van der Waals surface area contributed by atoms with E-state index >= 15 is 0 Å². The molecule has 0 saturated carbocycles. The van der Waals surface area contributed by atoms with Gasteiger partial charge in [-0.1, -0.05) is 12.1 Å². The first-order chi connectivity index (χ1) is 8.92. The molecular weight excluding hydrogens is 222 g/mol.